The second-order valence-corrected chi connectivity index (χ2v) is 7.08. The van der Waals surface area contributed by atoms with E-state index in [1.165, 1.54) is 6.07 Å². The molecule has 5 nitrogen and oxygen atoms in total. The Morgan fingerprint density at radius 1 is 1.50 bits per heavy atom. The van der Waals surface area contributed by atoms with Crippen molar-refractivity contribution in [3.8, 4) is 0 Å². The summed E-state index contributed by atoms with van der Waals surface area (Å²) in [6.45, 7) is 2.77. The summed E-state index contributed by atoms with van der Waals surface area (Å²) < 4.78 is 32.9. The Kier molecular flexibility index (Phi) is 5.04. The van der Waals surface area contributed by atoms with Crippen molar-refractivity contribution in [3.05, 3.63) is 28.8 Å². The van der Waals surface area contributed by atoms with Crippen LogP contribution in [-0.4, -0.2) is 27.2 Å². The Morgan fingerprint density at radius 2 is 2.25 bits per heavy atom. The van der Waals surface area contributed by atoms with E-state index in [0.29, 0.717) is 19.4 Å². The first kappa shape index (κ1) is 15.7. The number of sulfonamides is 1. The molecule has 0 aromatic heterocycles. The molecule has 0 aliphatic carbocycles. The van der Waals surface area contributed by atoms with E-state index in [1.807, 2.05) is 6.92 Å². The lowest BCUT2D eigenvalue weighted by atomic mass is 10.1. The number of nitrogens with one attached hydrogen (secondary N) is 1. The van der Waals surface area contributed by atoms with Gasteiger partial charge in [0, 0.05) is 19.2 Å². The van der Waals surface area contributed by atoms with Crippen molar-refractivity contribution >= 4 is 21.6 Å². The third-order valence-electron chi connectivity index (χ3n) is 3.33. The highest BCUT2D eigenvalue weighted by Crippen LogP contribution is 2.24. The average molecular weight is 319 g/mol. The molecule has 0 spiro atoms. The van der Waals surface area contributed by atoms with Gasteiger partial charge in [0.15, 0.2) is 0 Å². The maximum atomic E-state index is 12.4. The highest BCUT2D eigenvalue weighted by atomic mass is 35.5. The van der Waals surface area contributed by atoms with E-state index in [1.54, 1.807) is 12.1 Å². The number of nitrogens with two attached hydrogens (primary N) is 1. The van der Waals surface area contributed by atoms with Crippen molar-refractivity contribution in [2.75, 3.05) is 6.61 Å². The lowest BCUT2D eigenvalue weighted by molar-refractivity contribution is 0.0173. The summed E-state index contributed by atoms with van der Waals surface area (Å²) in [5.74, 6) is 0. The molecule has 1 aliphatic rings. The Balaban J connectivity index is 2.21. The molecule has 0 radical (unpaired) electrons. The fraction of sp³-hybridized carbons (Fsp3) is 0.538. The highest BCUT2D eigenvalue weighted by molar-refractivity contribution is 7.89. The standard InChI is InChI=1S/C13H19ClN2O3S/c1-9-6-11(4-5-19-9)16-20(17,18)13-7-10(8-15)2-3-12(13)14/h2-3,7,9,11,16H,4-6,8,15H2,1H3. The predicted molar refractivity (Wildman–Crippen MR) is 78.1 cm³/mol. The van der Waals surface area contributed by atoms with E-state index in [2.05, 4.69) is 4.72 Å². The van der Waals surface area contributed by atoms with Crippen LogP contribution in [-0.2, 0) is 21.3 Å². The van der Waals surface area contributed by atoms with E-state index >= 15 is 0 Å². The zero-order valence-electron chi connectivity index (χ0n) is 11.3. The van der Waals surface area contributed by atoms with Crippen LogP contribution in [0, 0.1) is 0 Å². The van der Waals surface area contributed by atoms with Crippen LogP contribution in [0.1, 0.15) is 25.3 Å². The van der Waals surface area contributed by atoms with Crippen molar-refractivity contribution in [2.45, 2.75) is 43.4 Å². The molecule has 1 aromatic rings. The van der Waals surface area contributed by atoms with Crippen LogP contribution in [0.25, 0.3) is 0 Å². The zero-order chi connectivity index (χ0) is 14.8. The summed E-state index contributed by atoms with van der Waals surface area (Å²) in [4.78, 5) is 0.0845. The molecule has 7 heteroatoms. The van der Waals surface area contributed by atoms with Crippen molar-refractivity contribution < 1.29 is 13.2 Å². The summed E-state index contributed by atoms with van der Waals surface area (Å²) in [6.07, 6.45) is 1.38. The van der Waals surface area contributed by atoms with Gasteiger partial charge < -0.3 is 10.5 Å². The molecule has 1 aliphatic heterocycles. The fourth-order valence-electron chi connectivity index (χ4n) is 2.27. The lowest BCUT2D eigenvalue weighted by Gasteiger charge is -2.27. The minimum atomic E-state index is -3.64. The van der Waals surface area contributed by atoms with Crippen molar-refractivity contribution in [3.63, 3.8) is 0 Å². The summed E-state index contributed by atoms with van der Waals surface area (Å²) in [5, 5.41) is 0.204. The van der Waals surface area contributed by atoms with Gasteiger partial charge >= 0.3 is 0 Å². The quantitative estimate of drug-likeness (QED) is 0.884. The van der Waals surface area contributed by atoms with E-state index < -0.39 is 10.0 Å². The summed E-state index contributed by atoms with van der Waals surface area (Å²) in [7, 11) is -3.64. The van der Waals surface area contributed by atoms with Gasteiger partial charge in [0.2, 0.25) is 10.0 Å². The topological polar surface area (TPSA) is 81.4 Å². The van der Waals surface area contributed by atoms with Crippen molar-refractivity contribution in [2.24, 2.45) is 5.73 Å². The lowest BCUT2D eigenvalue weighted by Crippen LogP contribution is -2.41. The molecular weight excluding hydrogens is 300 g/mol. The molecule has 0 bridgehead atoms. The summed E-state index contributed by atoms with van der Waals surface area (Å²) in [6, 6.07) is 4.68. The van der Waals surface area contributed by atoms with E-state index in [9.17, 15) is 8.42 Å². The molecule has 1 saturated heterocycles. The van der Waals surface area contributed by atoms with E-state index in [4.69, 9.17) is 22.1 Å². The molecule has 2 unspecified atom stereocenters. The molecular formula is C13H19ClN2O3S. The Hall–Kier alpha value is -0.660. The van der Waals surface area contributed by atoms with Gasteiger partial charge in [0.1, 0.15) is 4.90 Å². The largest absolute Gasteiger partial charge is 0.378 e. The Bertz CT molecular complexity index is 577. The van der Waals surface area contributed by atoms with Crippen LogP contribution >= 0.6 is 11.6 Å². The highest BCUT2D eigenvalue weighted by Gasteiger charge is 2.26. The molecule has 2 atom stereocenters. The van der Waals surface area contributed by atoms with Crippen LogP contribution in [0.4, 0.5) is 0 Å². The van der Waals surface area contributed by atoms with Gasteiger partial charge in [-0.3, -0.25) is 0 Å². The number of benzene rings is 1. The molecule has 0 saturated carbocycles. The smallest absolute Gasteiger partial charge is 0.242 e. The van der Waals surface area contributed by atoms with Gasteiger partial charge in [-0.1, -0.05) is 17.7 Å². The summed E-state index contributed by atoms with van der Waals surface area (Å²) in [5.41, 5.74) is 6.27. The third kappa shape index (κ3) is 3.71. The van der Waals surface area contributed by atoms with Crippen LogP contribution in [0.3, 0.4) is 0 Å². The summed E-state index contributed by atoms with van der Waals surface area (Å²) >= 11 is 6.00. The van der Waals surface area contributed by atoms with Crippen molar-refractivity contribution in [1.82, 2.24) is 4.72 Å². The molecule has 1 fully saturated rings. The first-order valence-electron chi connectivity index (χ1n) is 6.55. The number of ether oxygens (including phenoxy) is 1. The van der Waals surface area contributed by atoms with E-state index in [0.717, 1.165) is 5.56 Å². The molecule has 2 rings (SSSR count). The predicted octanol–water partition coefficient (Wildman–Crippen LogP) is 1.64. The maximum absolute atomic E-state index is 12.4. The Morgan fingerprint density at radius 3 is 2.90 bits per heavy atom. The van der Waals surface area contributed by atoms with E-state index in [-0.39, 0.29) is 28.6 Å². The molecule has 20 heavy (non-hydrogen) atoms. The van der Waals surface area contributed by atoms with Crippen molar-refractivity contribution in [1.29, 1.82) is 0 Å². The van der Waals surface area contributed by atoms with Crippen LogP contribution in [0.15, 0.2) is 23.1 Å². The molecule has 112 valence electrons. The third-order valence-corrected chi connectivity index (χ3v) is 5.33. The molecule has 1 aromatic carbocycles. The monoisotopic (exact) mass is 318 g/mol. The van der Waals surface area contributed by atoms with Gasteiger partial charge in [-0.05, 0) is 37.5 Å². The Labute approximate surface area is 124 Å². The second-order valence-electron chi connectivity index (χ2n) is 4.99. The normalized spacial score (nSPS) is 23.8. The van der Waals surface area contributed by atoms with Crippen LogP contribution in [0.5, 0.6) is 0 Å². The minimum absolute atomic E-state index is 0.0577. The maximum Gasteiger partial charge on any atom is 0.242 e. The van der Waals surface area contributed by atoms with Crippen LogP contribution in [0.2, 0.25) is 5.02 Å². The van der Waals surface area contributed by atoms with Crippen LogP contribution < -0.4 is 10.5 Å². The SMILES string of the molecule is CC1CC(NS(=O)(=O)c2cc(CN)ccc2Cl)CCO1. The van der Waals surface area contributed by atoms with Gasteiger partial charge in [-0.25, -0.2) is 13.1 Å². The first-order chi connectivity index (χ1) is 9.42. The molecule has 0 amide bonds. The molecule has 1 heterocycles. The number of hydrogen-bond acceptors (Lipinski definition) is 4. The van der Waals surface area contributed by atoms with Gasteiger partial charge in [-0.15, -0.1) is 0 Å². The molecule has 3 N–H and O–H groups in total. The minimum Gasteiger partial charge on any atom is -0.378 e. The number of hydrogen-bond donors (Lipinski definition) is 2. The fourth-order valence-corrected chi connectivity index (χ4v) is 4.10. The van der Waals surface area contributed by atoms with Gasteiger partial charge in [-0.2, -0.15) is 0 Å². The number of halogens is 1. The second kappa shape index (κ2) is 6.41. The number of rotatable bonds is 4. The zero-order valence-corrected chi connectivity index (χ0v) is 12.9. The first-order valence-corrected chi connectivity index (χ1v) is 8.41. The van der Waals surface area contributed by atoms with Gasteiger partial charge in [0.25, 0.3) is 0 Å². The average Bonchev–Trinajstić information content (AvgIpc) is 2.38. The van der Waals surface area contributed by atoms with Gasteiger partial charge in [0.05, 0.1) is 11.1 Å².